The molecule has 1 fully saturated rings. The molecule has 2 aromatic rings. The summed E-state index contributed by atoms with van der Waals surface area (Å²) in [6.07, 6.45) is 2.39. The van der Waals surface area contributed by atoms with Gasteiger partial charge in [0, 0.05) is 19.6 Å². The van der Waals surface area contributed by atoms with Crippen molar-refractivity contribution in [2.45, 2.75) is 32.4 Å². The Morgan fingerprint density at radius 3 is 2.75 bits per heavy atom. The van der Waals surface area contributed by atoms with Crippen LogP contribution in [0.4, 0.5) is 0 Å². The molecule has 1 atom stereocenters. The lowest BCUT2D eigenvalue weighted by atomic mass is 10.2. The summed E-state index contributed by atoms with van der Waals surface area (Å²) in [7, 11) is 1.78. The van der Waals surface area contributed by atoms with Gasteiger partial charge in [0.1, 0.15) is 0 Å². The normalized spacial score (nSPS) is 19.3. The van der Waals surface area contributed by atoms with E-state index in [1.807, 2.05) is 13.8 Å². The number of aryl methyl sites for hydroxylation is 1. The molecule has 0 spiro atoms. The third-order valence-corrected chi connectivity index (χ3v) is 3.90. The second-order valence-electron chi connectivity index (χ2n) is 5.60. The first kappa shape index (κ1) is 13.1. The van der Waals surface area contributed by atoms with E-state index in [9.17, 15) is 9.59 Å². The molecule has 1 N–H and O–H groups in total. The maximum absolute atomic E-state index is 12.7. The van der Waals surface area contributed by atoms with Crippen LogP contribution in [-0.2, 0) is 7.05 Å². The highest BCUT2D eigenvalue weighted by Gasteiger charge is 2.25. The van der Waals surface area contributed by atoms with Gasteiger partial charge in [-0.25, -0.2) is 9.78 Å². The average molecular weight is 277 g/mol. The van der Waals surface area contributed by atoms with Crippen molar-refractivity contribution in [3.63, 3.8) is 0 Å². The van der Waals surface area contributed by atoms with Crippen molar-refractivity contribution in [1.82, 2.24) is 24.0 Å². The van der Waals surface area contributed by atoms with Crippen LogP contribution in [0.15, 0.2) is 15.9 Å². The SMILES string of the molecule is CC(C)n1c(=O)n(C2CCNC2)c(=O)c2c1ncn2C. The second-order valence-corrected chi connectivity index (χ2v) is 5.60. The van der Waals surface area contributed by atoms with E-state index >= 15 is 0 Å². The highest BCUT2D eigenvalue weighted by molar-refractivity contribution is 5.70. The minimum Gasteiger partial charge on any atom is -0.328 e. The summed E-state index contributed by atoms with van der Waals surface area (Å²) in [4.78, 5) is 29.6. The highest BCUT2D eigenvalue weighted by Crippen LogP contribution is 2.15. The number of imidazole rings is 1. The van der Waals surface area contributed by atoms with Crippen LogP contribution in [0.25, 0.3) is 11.2 Å². The van der Waals surface area contributed by atoms with Crippen LogP contribution in [0.3, 0.4) is 0 Å². The van der Waals surface area contributed by atoms with Crippen molar-refractivity contribution in [2.75, 3.05) is 13.1 Å². The predicted octanol–water partition coefficient (Wildman–Crippen LogP) is 0.0120. The average Bonchev–Trinajstić information content (AvgIpc) is 2.99. The summed E-state index contributed by atoms with van der Waals surface area (Å²) in [5.41, 5.74) is 0.463. The van der Waals surface area contributed by atoms with Gasteiger partial charge >= 0.3 is 5.69 Å². The van der Waals surface area contributed by atoms with Crippen molar-refractivity contribution in [3.8, 4) is 0 Å². The van der Waals surface area contributed by atoms with E-state index in [2.05, 4.69) is 10.3 Å². The summed E-state index contributed by atoms with van der Waals surface area (Å²) in [5, 5.41) is 3.20. The fourth-order valence-corrected chi connectivity index (χ4v) is 2.90. The molecule has 7 heteroatoms. The van der Waals surface area contributed by atoms with Crippen LogP contribution < -0.4 is 16.6 Å². The van der Waals surface area contributed by atoms with E-state index in [4.69, 9.17) is 0 Å². The van der Waals surface area contributed by atoms with E-state index in [-0.39, 0.29) is 23.3 Å². The molecule has 0 bridgehead atoms. The minimum absolute atomic E-state index is 0.0406. The van der Waals surface area contributed by atoms with Gasteiger partial charge < -0.3 is 9.88 Å². The summed E-state index contributed by atoms with van der Waals surface area (Å²) in [6, 6.07) is -0.111. The molecule has 1 aliphatic rings. The summed E-state index contributed by atoms with van der Waals surface area (Å²) in [6.45, 7) is 5.35. The zero-order chi connectivity index (χ0) is 14.4. The van der Waals surface area contributed by atoms with Gasteiger partial charge in [0.25, 0.3) is 5.56 Å². The molecule has 0 saturated carbocycles. The zero-order valence-corrected chi connectivity index (χ0v) is 12.0. The third kappa shape index (κ3) is 1.73. The molecule has 0 radical (unpaired) electrons. The summed E-state index contributed by atoms with van der Waals surface area (Å²) >= 11 is 0. The summed E-state index contributed by atoms with van der Waals surface area (Å²) < 4.78 is 4.69. The van der Waals surface area contributed by atoms with E-state index in [1.54, 1.807) is 22.5 Å². The molecule has 1 unspecified atom stereocenters. The molecule has 0 aliphatic carbocycles. The summed E-state index contributed by atoms with van der Waals surface area (Å²) in [5.74, 6) is 0. The molecule has 1 saturated heterocycles. The van der Waals surface area contributed by atoms with Gasteiger partial charge in [-0.3, -0.25) is 13.9 Å². The Morgan fingerprint density at radius 2 is 2.15 bits per heavy atom. The van der Waals surface area contributed by atoms with Crippen molar-refractivity contribution in [3.05, 3.63) is 27.2 Å². The van der Waals surface area contributed by atoms with Crippen LogP contribution in [0.1, 0.15) is 32.4 Å². The molecule has 1 aliphatic heterocycles. The molecule has 2 aromatic heterocycles. The maximum Gasteiger partial charge on any atom is 0.333 e. The lowest BCUT2D eigenvalue weighted by Crippen LogP contribution is -2.43. The molecule has 0 aromatic carbocycles. The van der Waals surface area contributed by atoms with Crippen LogP contribution in [0.2, 0.25) is 0 Å². The lowest BCUT2D eigenvalue weighted by molar-refractivity contribution is 0.462. The number of hydrogen-bond donors (Lipinski definition) is 1. The molecular weight excluding hydrogens is 258 g/mol. The van der Waals surface area contributed by atoms with Crippen LogP contribution in [0.5, 0.6) is 0 Å². The maximum atomic E-state index is 12.7. The topological polar surface area (TPSA) is 73.8 Å². The molecule has 20 heavy (non-hydrogen) atoms. The Labute approximate surface area is 115 Å². The van der Waals surface area contributed by atoms with Gasteiger partial charge in [-0.05, 0) is 26.8 Å². The van der Waals surface area contributed by atoms with Gasteiger partial charge in [-0.2, -0.15) is 0 Å². The van der Waals surface area contributed by atoms with Crippen molar-refractivity contribution >= 4 is 11.2 Å². The predicted molar refractivity (Wildman–Crippen MR) is 76.1 cm³/mol. The number of nitrogens with one attached hydrogen (secondary N) is 1. The number of fused-ring (bicyclic) bond motifs is 1. The lowest BCUT2D eigenvalue weighted by Gasteiger charge is -2.17. The van der Waals surface area contributed by atoms with E-state index in [0.29, 0.717) is 17.7 Å². The molecule has 7 nitrogen and oxygen atoms in total. The quantitative estimate of drug-likeness (QED) is 0.839. The first-order valence-corrected chi connectivity index (χ1v) is 6.91. The third-order valence-electron chi connectivity index (χ3n) is 3.90. The first-order valence-electron chi connectivity index (χ1n) is 6.91. The van der Waals surface area contributed by atoms with Gasteiger partial charge in [0.15, 0.2) is 11.2 Å². The first-order chi connectivity index (χ1) is 9.52. The van der Waals surface area contributed by atoms with E-state index < -0.39 is 0 Å². The Bertz CT molecular complexity index is 761. The minimum atomic E-state index is -0.259. The van der Waals surface area contributed by atoms with Crippen LogP contribution in [-0.4, -0.2) is 31.8 Å². The molecule has 108 valence electrons. The Kier molecular flexibility index (Phi) is 3.01. The Morgan fingerprint density at radius 1 is 1.40 bits per heavy atom. The highest BCUT2D eigenvalue weighted by atomic mass is 16.2. The molecule has 3 heterocycles. The Hall–Kier alpha value is -1.89. The van der Waals surface area contributed by atoms with Crippen molar-refractivity contribution < 1.29 is 0 Å². The smallest absolute Gasteiger partial charge is 0.328 e. The van der Waals surface area contributed by atoms with Crippen LogP contribution >= 0.6 is 0 Å². The monoisotopic (exact) mass is 277 g/mol. The largest absolute Gasteiger partial charge is 0.333 e. The Balaban J connectivity index is 2.43. The number of aromatic nitrogens is 4. The molecule has 0 amide bonds. The molecule has 3 rings (SSSR count). The van der Waals surface area contributed by atoms with Crippen LogP contribution in [0, 0.1) is 0 Å². The van der Waals surface area contributed by atoms with E-state index in [0.717, 1.165) is 13.0 Å². The van der Waals surface area contributed by atoms with Gasteiger partial charge in [-0.1, -0.05) is 0 Å². The van der Waals surface area contributed by atoms with Crippen molar-refractivity contribution in [2.24, 2.45) is 7.05 Å². The van der Waals surface area contributed by atoms with E-state index in [1.165, 1.54) is 4.57 Å². The van der Waals surface area contributed by atoms with Gasteiger partial charge in [0.05, 0.1) is 12.4 Å². The fourth-order valence-electron chi connectivity index (χ4n) is 2.90. The van der Waals surface area contributed by atoms with Gasteiger partial charge in [0.2, 0.25) is 0 Å². The number of rotatable bonds is 2. The number of nitrogens with zero attached hydrogens (tertiary/aromatic N) is 4. The van der Waals surface area contributed by atoms with Gasteiger partial charge in [-0.15, -0.1) is 0 Å². The standard InChI is InChI=1S/C13H19N5O2/c1-8(2)17-11-10(16(3)7-15-11)12(19)18(13(17)20)9-4-5-14-6-9/h7-9,14H,4-6H2,1-3H3. The number of hydrogen-bond acceptors (Lipinski definition) is 4. The van der Waals surface area contributed by atoms with Crippen molar-refractivity contribution in [1.29, 1.82) is 0 Å². The second kappa shape index (κ2) is 4.59. The molecular formula is C13H19N5O2. The zero-order valence-electron chi connectivity index (χ0n) is 12.0. The fraction of sp³-hybridized carbons (Fsp3) is 0.615.